The molecule has 1 fully saturated rings. The Bertz CT molecular complexity index is 375. The Morgan fingerprint density at radius 3 is 2.80 bits per heavy atom. The Labute approximate surface area is 132 Å². The molecule has 0 saturated carbocycles. The molecule has 0 spiro atoms. The molecule has 1 aromatic rings. The second-order valence-corrected chi connectivity index (χ2v) is 6.33. The van der Waals surface area contributed by atoms with Crippen molar-refractivity contribution in [1.82, 2.24) is 10.2 Å². The van der Waals surface area contributed by atoms with E-state index in [0.29, 0.717) is 12.3 Å². The lowest BCUT2D eigenvalue weighted by Gasteiger charge is -2.32. The summed E-state index contributed by atoms with van der Waals surface area (Å²) in [6.45, 7) is 3.01. The van der Waals surface area contributed by atoms with Crippen molar-refractivity contribution in [1.29, 1.82) is 0 Å². The first kappa shape index (κ1) is 17.5. The molecule has 0 aromatic carbocycles. The van der Waals surface area contributed by atoms with Gasteiger partial charge in [-0.05, 0) is 56.6 Å². The summed E-state index contributed by atoms with van der Waals surface area (Å²) < 4.78 is 0. The van der Waals surface area contributed by atoms with Crippen LogP contribution >= 0.6 is 23.7 Å². The number of carbonyl (C=O) groups is 1. The van der Waals surface area contributed by atoms with Gasteiger partial charge in [-0.1, -0.05) is 6.07 Å². The molecule has 3 nitrogen and oxygen atoms in total. The number of amides is 1. The van der Waals surface area contributed by atoms with Crippen LogP contribution in [0.3, 0.4) is 0 Å². The van der Waals surface area contributed by atoms with Gasteiger partial charge in [-0.25, -0.2) is 0 Å². The third-order valence-electron chi connectivity index (χ3n) is 3.94. The topological polar surface area (TPSA) is 32.3 Å². The number of hydrogen-bond acceptors (Lipinski definition) is 3. The third kappa shape index (κ3) is 5.43. The van der Waals surface area contributed by atoms with E-state index < -0.39 is 0 Å². The number of hydrogen-bond donors (Lipinski definition) is 1. The Kier molecular flexibility index (Phi) is 8.19. The summed E-state index contributed by atoms with van der Waals surface area (Å²) in [5, 5.41) is 5.28. The summed E-state index contributed by atoms with van der Waals surface area (Å²) in [5.41, 5.74) is 0. The smallest absolute Gasteiger partial charge is 0.222 e. The van der Waals surface area contributed by atoms with Gasteiger partial charge in [0.25, 0.3) is 0 Å². The summed E-state index contributed by atoms with van der Waals surface area (Å²) in [5.74, 6) is 1.13. The fourth-order valence-electron chi connectivity index (χ4n) is 2.66. The molecule has 114 valence electrons. The van der Waals surface area contributed by atoms with Crippen LogP contribution in [-0.2, 0) is 11.2 Å². The zero-order valence-electron chi connectivity index (χ0n) is 12.1. The van der Waals surface area contributed by atoms with Crippen molar-refractivity contribution in [3.8, 4) is 0 Å². The van der Waals surface area contributed by atoms with Gasteiger partial charge in [0.2, 0.25) is 5.91 Å². The maximum absolute atomic E-state index is 12.1. The van der Waals surface area contributed by atoms with Crippen molar-refractivity contribution >= 4 is 29.7 Å². The van der Waals surface area contributed by atoms with Gasteiger partial charge in [0.05, 0.1) is 0 Å². The monoisotopic (exact) mass is 316 g/mol. The van der Waals surface area contributed by atoms with Crippen LogP contribution in [0.15, 0.2) is 17.5 Å². The predicted molar refractivity (Wildman–Crippen MR) is 87.7 cm³/mol. The average Bonchev–Trinajstić information content (AvgIpc) is 2.96. The van der Waals surface area contributed by atoms with Crippen LogP contribution in [-0.4, -0.2) is 37.5 Å². The van der Waals surface area contributed by atoms with Crippen LogP contribution in [0.4, 0.5) is 0 Å². The molecular weight excluding hydrogens is 292 g/mol. The minimum Gasteiger partial charge on any atom is -0.343 e. The Morgan fingerprint density at radius 2 is 2.20 bits per heavy atom. The lowest BCUT2D eigenvalue weighted by molar-refractivity contribution is -0.132. The normalized spacial score (nSPS) is 15.9. The number of likely N-dealkylation sites (tertiary alicyclic amines) is 1. The summed E-state index contributed by atoms with van der Waals surface area (Å²) in [7, 11) is 2.00. The molecule has 0 atom stereocenters. The highest BCUT2D eigenvalue weighted by molar-refractivity contribution is 7.09. The van der Waals surface area contributed by atoms with Crippen LogP contribution in [0.5, 0.6) is 0 Å². The number of nitrogens with zero attached hydrogens (tertiary/aromatic N) is 1. The zero-order valence-corrected chi connectivity index (χ0v) is 13.8. The first-order valence-corrected chi connectivity index (χ1v) is 8.12. The van der Waals surface area contributed by atoms with Crippen LogP contribution in [0.2, 0.25) is 0 Å². The molecule has 2 rings (SSSR count). The van der Waals surface area contributed by atoms with E-state index in [9.17, 15) is 4.79 Å². The van der Waals surface area contributed by atoms with Crippen molar-refractivity contribution in [2.24, 2.45) is 5.92 Å². The molecule has 0 aliphatic carbocycles. The summed E-state index contributed by atoms with van der Waals surface area (Å²) in [4.78, 5) is 15.5. The summed E-state index contributed by atoms with van der Waals surface area (Å²) in [6.07, 6.45) is 5.16. The lowest BCUT2D eigenvalue weighted by Crippen LogP contribution is -2.39. The van der Waals surface area contributed by atoms with Gasteiger partial charge in [0.1, 0.15) is 0 Å². The van der Waals surface area contributed by atoms with Crippen molar-refractivity contribution in [2.75, 3.05) is 26.7 Å². The SMILES string of the molecule is CNCCC1CCN(C(=O)CCc2cccs2)CC1.Cl. The maximum atomic E-state index is 12.1. The predicted octanol–water partition coefficient (Wildman–Crippen LogP) is 2.95. The molecule has 1 aliphatic rings. The van der Waals surface area contributed by atoms with Gasteiger partial charge in [0.15, 0.2) is 0 Å². The standard InChI is InChI=1S/C15H24N2OS.ClH/c1-16-9-6-13-7-10-17(11-8-13)15(18)5-4-14-3-2-12-19-14;/h2-3,12-13,16H,4-11H2,1H3;1H. The Hall–Kier alpha value is -0.580. The van der Waals surface area contributed by atoms with E-state index in [2.05, 4.69) is 27.7 Å². The van der Waals surface area contributed by atoms with Gasteiger partial charge in [-0.3, -0.25) is 4.79 Å². The molecular formula is C15H25ClN2OS. The number of aryl methyl sites for hydroxylation is 1. The van der Waals surface area contributed by atoms with Crippen molar-refractivity contribution in [3.63, 3.8) is 0 Å². The van der Waals surface area contributed by atoms with Crippen molar-refractivity contribution in [3.05, 3.63) is 22.4 Å². The third-order valence-corrected chi connectivity index (χ3v) is 4.87. The molecule has 20 heavy (non-hydrogen) atoms. The van der Waals surface area contributed by atoms with Crippen LogP contribution in [0.25, 0.3) is 0 Å². The molecule has 1 amide bonds. The molecule has 0 unspecified atom stereocenters. The number of thiophene rings is 1. The molecule has 1 aliphatic heterocycles. The van der Waals surface area contributed by atoms with Gasteiger partial charge < -0.3 is 10.2 Å². The molecule has 5 heteroatoms. The van der Waals surface area contributed by atoms with Crippen LogP contribution in [0.1, 0.15) is 30.6 Å². The van der Waals surface area contributed by atoms with Crippen LogP contribution < -0.4 is 5.32 Å². The number of rotatable bonds is 6. The average molecular weight is 317 g/mol. The maximum Gasteiger partial charge on any atom is 0.222 e. The Morgan fingerprint density at radius 1 is 1.45 bits per heavy atom. The van der Waals surface area contributed by atoms with Gasteiger partial charge in [0, 0.05) is 24.4 Å². The van der Waals surface area contributed by atoms with E-state index in [-0.39, 0.29) is 12.4 Å². The molecule has 0 radical (unpaired) electrons. The first-order chi connectivity index (χ1) is 9.29. The highest BCUT2D eigenvalue weighted by atomic mass is 35.5. The van der Waals surface area contributed by atoms with E-state index in [1.807, 2.05) is 7.05 Å². The van der Waals surface area contributed by atoms with Crippen molar-refractivity contribution < 1.29 is 4.79 Å². The first-order valence-electron chi connectivity index (χ1n) is 7.24. The number of halogens is 1. The molecule has 1 N–H and O–H groups in total. The molecule has 1 aromatic heterocycles. The highest BCUT2D eigenvalue weighted by Crippen LogP contribution is 2.21. The van der Waals surface area contributed by atoms with E-state index in [0.717, 1.165) is 32.0 Å². The van der Waals surface area contributed by atoms with Gasteiger partial charge >= 0.3 is 0 Å². The highest BCUT2D eigenvalue weighted by Gasteiger charge is 2.22. The van der Waals surface area contributed by atoms with E-state index in [1.165, 1.54) is 24.1 Å². The summed E-state index contributed by atoms with van der Waals surface area (Å²) in [6, 6.07) is 4.17. The fraction of sp³-hybridized carbons (Fsp3) is 0.667. The fourth-order valence-corrected chi connectivity index (χ4v) is 3.37. The second kappa shape index (κ2) is 9.37. The Balaban J connectivity index is 0.00000200. The second-order valence-electron chi connectivity index (χ2n) is 5.30. The quantitative estimate of drug-likeness (QED) is 0.875. The minimum absolute atomic E-state index is 0. The van der Waals surface area contributed by atoms with Gasteiger partial charge in [-0.15, -0.1) is 23.7 Å². The van der Waals surface area contributed by atoms with E-state index >= 15 is 0 Å². The zero-order chi connectivity index (χ0) is 13.5. The largest absolute Gasteiger partial charge is 0.343 e. The molecule has 0 bridgehead atoms. The van der Waals surface area contributed by atoms with Crippen molar-refractivity contribution in [2.45, 2.75) is 32.1 Å². The van der Waals surface area contributed by atoms with Gasteiger partial charge in [-0.2, -0.15) is 0 Å². The lowest BCUT2D eigenvalue weighted by atomic mass is 9.93. The minimum atomic E-state index is 0. The van der Waals surface area contributed by atoms with Crippen LogP contribution in [0, 0.1) is 5.92 Å². The number of piperidine rings is 1. The molecule has 1 saturated heterocycles. The number of nitrogens with one attached hydrogen (secondary N) is 1. The molecule has 2 heterocycles. The number of carbonyl (C=O) groups excluding carboxylic acids is 1. The van der Waals surface area contributed by atoms with E-state index in [4.69, 9.17) is 0 Å². The van der Waals surface area contributed by atoms with E-state index in [1.54, 1.807) is 11.3 Å². The summed E-state index contributed by atoms with van der Waals surface area (Å²) >= 11 is 1.74.